The molecule has 0 aliphatic carbocycles. The quantitative estimate of drug-likeness (QED) is 0.343. The number of unbranched alkanes of at least 4 members (excludes halogenated alkanes) is 2. The maximum absolute atomic E-state index is 13.3. The smallest absolute Gasteiger partial charge is 0.303 e. The van der Waals surface area contributed by atoms with E-state index in [2.05, 4.69) is 15.9 Å². The molecule has 0 radical (unpaired) electrons. The molecular weight excluding hydrogens is 470 g/mol. The van der Waals surface area contributed by atoms with Crippen molar-refractivity contribution in [2.75, 3.05) is 49.6 Å². The fraction of sp³-hybridized carbons (Fsp3) is 0.345. The molecule has 0 atom stereocenters. The molecule has 8 nitrogen and oxygen atoms in total. The lowest BCUT2D eigenvalue weighted by Crippen LogP contribution is -2.47. The normalized spacial score (nSPS) is 15.4. The number of ether oxygens (including phenoxy) is 1. The summed E-state index contributed by atoms with van der Waals surface area (Å²) in [5.41, 5.74) is 3.21. The maximum atomic E-state index is 13.3. The fourth-order valence-electron chi connectivity index (χ4n) is 5.41. The van der Waals surface area contributed by atoms with Crippen LogP contribution in [0.25, 0.3) is 10.8 Å². The molecule has 1 fully saturated rings. The number of carboxylic acid groups (broad SMARTS) is 1. The van der Waals surface area contributed by atoms with E-state index in [4.69, 9.17) is 9.84 Å². The van der Waals surface area contributed by atoms with Gasteiger partial charge in [-0.05, 0) is 43.2 Å². The predicted molar refractivity (Wildman–Crippen MR) is 143 cm³/mol. The molecule has 2 heterocycles. The van der Waals surface area contributed by atoms with Gasteiger partial charge in [0.15, 0.2) is 0 Å². The van der Waals surface area contributed by atoms with Crippen molar-refractivity contribution >= 4 is 39.9 Å². The Morgan fingerprint density at radius 3 is 2.19 bits per heavy atom. The van der Waals surface area contributed by atoms with Crippen LogP contribution in [0.5, 0.6) is 5.75 Å². The number of imide groups is 1. The SMILES string of the molecule is COc1ccccc1N1CCN(c2ccc3c4c(cccc24)C(=O)N(CCCCCC(=O)O)C3=O)CC1. The van der Waals surface area contributed by atoms with Crippen LogP contribution in [-0.4, -0.2) is 67.6 Å². The second-order valence-electron chi connectivity index (χ2n) is 9.47. The summed E-state index contributed by atoms with van der Waals surface area (Å²) in [7, 11) is 1.69. The van der Waals surface area contributed by atoms with Gasteiger partial charge in [-0.25, -0.2) is 0 Å². The lowest BCUT2D eigenvalue weighted by Gasteiger charge is -2.38. The second-order valence-corrected chi connectivity index (χ2v) is 9.47. The summed E-state index contributed by atoms with van der Waals surface area (Å²) in [6.07, 6.45) is 1.87. The highest BCUT2D eigenvalue weighted by Crippen LogP contribution is 2.37. The van der Waals surface area contributed by atoms with Gasteiger partial charge in [-0.15, -0.1) is 0 Å². The number of nitrogens with zero attached hydrogens (tertiary/aromatic N) is 3. The average molecular weight is 502 g/mol. The molecule has 2 amide bonds. The third-order valence-electron chi connectivity index (χ3n) is 7.29. The molecule has 0 bridgehead atoms. The first-order chi connectivity index (χ1) is 18.0. The Kier molecular flexibility index (Phi) is 6.99. The van der Waals surface area contributed by atoms with Crippen LogP contribution in [0.1, 0.15) is 46.4 Å². The third kappa shape index (κ3) is 4.71. The summed E-state index contributed by atoms with van der Waals surface area (Å²) in [5.74, 6) is -0.525. The first-order valence-corrected chi connectivity index (χ1v) is 12.8. The molecule has 0 saturated carbocycles. The van der Waals surface area contributed by atoms with E-state index in [9.17, 15) is 14.4 Å². The van der Waals surface area contributed by atoms with Crippen LogP contribution in [-0.2, 0) is 4.79 Å². The van der Waals surface area contributed by atoms with Crippen LogP contribution < -0.4 is 14.5 Å². The number of carboxylic acids is 1. The van der Waals surface area contributed by atoms with E-state index in [1.165, 1.54) is 4.90 Å². The Bertz CT molecular complexity index is 1320. The molecule has 192 valence electrons. The molecule has 0 aromatic heterocycles. The molecule has 3 aromatic carbocycles. The van der Waals surface area contributed by atoms with Gasteiger partial charge in [-0.1, -0.05) is 30.7 Å². The van der Waals surface area contributed by atoms with Crippen LogP contribution in [0.2, 0.25) is 0 Å². The average Bonchev–Trinajstić information content (AvgIpc) is 2.92. The van der Waals surface area contributed by atoms with Crippen LogP contribution in [0.3, 0.4) is 0 Å². The summed E-state index contributed by atoms with van der Waals surface area (Å²) in [4.78, 5) is 43.3. The maximum Gasteiger partial charge on any atom is 0.303 e. The van der Waals surface area contributed by atoms with Gasteiger partial charge in [0, 0.05) is 66.7 Å². The summed E-state index contributed by atoms with van der Waals surface area (Å²) in [5, 5.41) is 10.5. The monoisotopic (exact) mass is 501 g/mol. The van der Waals surface area contributed by atoms with Crippen molar-refractivity contribution in [1.82, 2.24) is 4.90 Å². The number of para-hydroxylation sites is 2. The van der Waals surface area contributed by atoms with Crippen LogP contribution in [0.15, 0.2) is 54.6 Å². The third-order valence-corrected chi connectivity index (χ3v) is 7.29. The number of piperazine rings is 1. The van der Waals surface area contributed by atoms with Gasteiger partial charge in [-0.3, -0.25) is 19.3 Å². The Hall–Kier alpha value is -4.07. The number of amides is 2. The highest BCUT2D eigenvalue weighted by molar-refractivity contribution is 6.26. The van der Waals surface area contributed by atoms with Gasteiger partial charge >= 0.3 is 5.97 Å². The number of methoxy groups -OCH3 is 1. The van der Waals surface area contributed by atoms with E-state index in [1.54, 1.807) is 13.2 Å². The van der Waals surface area contributed by atoms with Crippen molar-refractivity contribution in [1.29, 1.82) is 0 Å². The highest BCUT2D eigenvalue weighted by atomic mass is 16.5. The van der Waals surface area contributed by atoms with Crippen molar-refractivity contribution in [3.05, 3.63) is 65.7 Å². The van der Waals surface area contributed by atoms with E-state index in [1.807, 2.05) is 42.5 Å². The number of hydrogen-bond acceptors (Lipinski definition) is 6. The fourth-order valence-corrected chi connectivity index (χ4v) is 5.41. The van der Waals surface area contributed by atoms with Crippen molar-refractivity contribution in [2.24, 2.45) is 0 Å². The summed E-state index contributed by atoms with van der Waals surface area (Å²) in [6.45, 7) is 3.57. The van der Waals surface area contributed by atoms with Gasteiger partial charge in [0.25, 0.3) is 11.8 Å². The number of carbonyl (C=O) groups excluding carboxylic acids is 2. The number of rotatable bonds is 9. The number of carbonyl (C=O) groups is 3. The molecular formula is C29H31N3O5. The van der Waals surface area contributed by atoms with E-state index >= 15 is 0 Å². The largest absolute Gasteiger partial charge is 0.495 e. The zero-order valence-electron chi connectivity index (χ0n) is 21.0. The molecule has 1 saturated heterocycles. The number of anilines is 2. The van der Waals surface area contributed by atoms with Crippen molar-refractivity contribution in [2.45, 2.75) is 25.7 Å². The zero-order valence-corrected chi connectivity index (χ0v) is 21.0. The van der Waals surface area contributed by atoms with Crippen molar-refractivity contribution in [3.8, 4) is 5.75 Å². The van der Waals surface area contributed by atoms with Gasteiger partial charge in [-0.2, -0.15) is 0 Å². The van der Waals surface area contributed by atoms with Crippen LogP contribution >= 0.6 is 0 Å². The van der Waals surface area contributed by atoms with Crippen molar-refractivity contribution < 1.29 is 24.2 Å². The Balaban J connectivity index is 1.35. The molecule has 0 unspecified atom stereocenters. The van der Waals surface area contributed by atoms with Gasteiger partial charge in [0.2, 0.25) is 0 Å². The van der Waals surface area contributed by atoms with Crippen LogP contribution in [0, 0.1) is 0 Å². The standard InChI is InChI=1S/C29H31N3O5/c1-37-25-11-5-4-10-24(25)31-18-16-30(17-19-31)23-14-13-22-27-20(23)8-7-9-21(27)28(35)32(29(22)36)15-6-2-3-12-26(33)34/h4-5,7-11,13-14H,2-3,6,12,15-19H2,1H3,(H,33,34). The predicted octanol–water partition coefficient (Wildman–Crippen LogP) is 4.42. The Labute approximate surface area is 216 Å². The minimum atomic E-state index is -0.831. The molecule has 37 heavy (non-hydrogen) atoms. The first-order valence-electron chi connectivity index (χ1n) is 12.8. The molecule has 5 rings (SSSR count). The summed E-state index contributed by atoms with van der Waals surface area (Å²) in [6, 6.07) is 17.6. The highest BCUT2D eigenvalue weighted by Gasteiger charge is 2.33. The molecule has 2 aliphatic rings. The van der Waals surface area contributed by atoms with Gasteiger partial charge < -0.3 is 19.6 Å². The lowest BCUT2D eigenvalue weighted by atomic mass is 9.92. The molecule has 3 aromatic rings. The lowest BCUT2D eigenvalue weighted by molar-refractivity contribution is -0.137. The van der Waals surface area contributed by atoms with Crippen molar-refractivity contribution in [3.63, 3.8) is 0 Å². The minimum absolute atomic E-state index is 0.0972. The summed E-state index contributed by atoms with van der Waals surface area (Å²) < 4.78 is 5.54. The number of hydrogen-bond donors (Lipinski definition) is 1. The Morgan fingerprint density at radius 1 is 0.811 bits per heavy atom. The van der Waals surface area contributed by atoms with E-state index in [-0.39, 0.29) is 18.2 Å². The van der Waals surface area contributed by atoms with E-state index in [0.717, 1.165) is 54.1 Å². The first kappa shape index (κ1) is 24.6. The van der Waals surface area contributed by atoms with Gasteiger partial charge in [0.1, 0.15) is 5.75 Å². The minimum Gasteiger partial charge on any atom is -0.495 e. The van der Waals surface area contributed by atoms with E-state index in [0.29, 0.717) is 36.9 Å². The molecule has 1 N–H and O–H groups in total. The van der Waals surface area contributed by atoms with Gasteiger partial charge in [0.05, 0.1) is 12.8 Å². The zero-order chi connectivity index (χ0) is 25.9. The summed E-state index contributed by atoms with van der Waals surface area (Å²) >= 11 is 0. The van der Waals surface area contributed by atoms with E-state index < -0.39 is 5.97 Å². The van der Waals surface area contributed by atoms with Crippen LogP contribution in [0.4, 0.5) is 11.4 Å². The number of aliphatic carboxylic acids is 1. The number of benzene rings is 3. The molecule has 2 aliphatic heterocycles. The second kappa shape index (κ2) is 10.5. The topological polar surface area (TPSA) is 90.4 Å². The molecule has 8 heteroatoms. The molecule has 0 spiro atoms. The Morgan fingerprint density at radius 2 is 1.49 bits per heavy atom.